The first kappa shape index (κ1) is 8.95. The van der Waals surface area contributed by atoms with Crippen LogP contribution in [0, 0.1) is 0 Å². The second-order valence-corrected chi connectivity index (χ2v) is 6.44. The Morgan fingerprint density at radius 3 is 2.80 bits per heavy atom. The van der Waals surface area contributed by atoms with Crippen LogP contribution in [0.1, 0.15) is 5.30 Å². The normalized spacial score (nSPS) is 11.1. The molecule has 0 saturated heterocycles. The minimum absolute atomic E-state index is 0.697. The third kappa shape index (κ3) is 2.18. The van der Waals surface area contributed by atoms with E-state index in [1.165, 1.54) is 5.30 Å². The summed E-state index contributed by atoms with van der Waals surface area (Å²) in [5, 5.41) is 1.30. The van der Waals surface area contributed by atoms with Crippen LogP contribution in [0.2, 0.25) is 4.07 Å². The summed E-state index contributed by atoms with van der Waals surface area (Å²) in [5.74, 6) is 0. The molecule has 0 amide bonds. The fourth-order valence-corrected chi connectivity index (χ4v) is 4.71. The average molecular weight is 259 g/mol. The summed E-state index contributed by atoms with van der Waals surface area (Å²) >= 11 is 10.8. The summed E-state index contributed by atoms with van der Waals surface area (Å²) in [7, 11) is 1.13. The minimum Gasteiger partial charge on any atom is -0.330 e. The first-order chi connectivity index (χ1) is 4.74. The van der Waals surface area contributed by atoms with Gasteiger partial charge in [-0.15, -0.1) is 11.3 Å². The first-order valence-electron chi connectivity index (χ1n) is 2.75. The molecule has 1 heterocycles. The molecule has 1 aromatic rings. The van der Waals surface area contributed by atoms with Gasteiger partial charge >= 0.3 is 0 Å². The lowest BCUT2D eigenvalue weighted by Crippen LogP contribution is -2.00. The molecule has 0 fully saturated rings. The zero-order valence-electron chi connectivity index (χ0n) is 5.10. The molecule has 5 heteroatoms. The molecular weight excluding hydrogens is 252 g/mol. The standard InChI is InChI=1S/C5H6BrClNPS/c6-4-3(1-2-8)9-5(7)10-4/h1-2,8H2. The molecule has 0 unspecified atom stereocenters. The molecule has 0 aliphatic heterocycles. The Labute approximate surface area is 78.8 Å². The molecule has 0 aromatic carbocycles. The summed E-state index contributed by atoms with van der Waals surface area (Å²) in [6.45, 7) is 0.697. The highest BCUT2D eigenvalue weighted by molar-refractivity contribution is 9.11. The van der Waals surface area contributed by atoms with Crippen LogP contribution in [-0.2, 0) is 6.42 Å². The summed E-state index contributed by atoms with van der Waals surface area (Å²) < 4.78 is 2.06. The van der Waals surface area contributed by atoms with Crippen LogP contribution in [0.25, 0.3) is 0 Å². The Bertz CT molecular complexity index is 227. The number of halogens is 2. The van der Waals surface area contributed by atoms with Gasteiger partial charge < -0.3 is 5.73 Å². The number of rotatable bonds is 2. The number of nitrogens with two attached hydrogens (primary N) is 1. The lowest BCUT2D eigenvalue weighted by Gasteiger charge is -1.90. The van der Waals surface area contributed by atoms with Crippen molar-refractivity contribution >= 4 is 47.1 Å². The third-order valence-corrected chi connectivity index (χ3v) is 4.95. The zero-order valence-corrected chi connectivity index (χ0v) is 9.16. The van der Waals surface area contributed by atoms with Crippen LogP contribution in [0.4, 0.5) is 0 Å². The second-order valence-electron chi connectivity index (χ2n) is 1.73. The molecule has 2 N–H and O–H groups in total. The van der Waals surface area contributed by atoms with Gasteiger partial charge in [-0.3, -0.25) is 0 Å². The smallest absolute Gasteiger partial charge is 0.121 e. The van der Waals surface area contributed by atoms with E-state index in [9.17, 15) is 0 Å². The highest BCUT2D eigenvalue weighted by Gasteiger charge is 2.03. The van der Waals surface area contributed by atoms with E-state index >= 15 is 0 Å². The summed E-state index contributed by atoms with van der Waals surface area (Å²) in [5.41, 5.74) is 5.39. The molecule has 1 nitrogen and oxygen atoms in total. The van der Waals surface area contributed by atoms with Gasteiger partial charge in [0.1, 0.15) is 4.07 Å². The van der Waals surface area contributed by atoms with Crippen molar-refractivity contribution in [2.24, 2.45) is 5.73 Å². The molecule has 0 atom stereocenters. The molecule has 0 bridgehead atoms. The van der Waals surface area contributed by atoms with Crippen molar-refractivity contribution in [3.8, 4) is 0 Å². The van der Waals surface area contributed by atoms with Gasteiger partial charge in [-0.2, -0.15) is 0 Å². The van der Waals surface area contributed by atoms with Crippen LogP contribution in [0.3, 0.4) is 0 Å². The zero-order chi connectivity index (χ0) is 7.56. The quantitative estimate of drug-likeness (QED) is 0.866. The van der Waals surface area contributed by atoms with Crippen molar-refractivity contribution in [2.45, 2.75) is 6.42 Å². The summed E-state index contributed by atoms with van der Waals surface area (Å²) in [4.78, 5) is 0. The third-order valence-electron chi connectivity index (χ3n) is 1.00. The van der Waals surface area contributed by atoms with E-state index < -0.39 is 0 Å². The van der Waals surface area contributed by atoms with E-state index in [0.29, 0.717) is 6.54 Å². The maximum atomic E-state index is 5.79. The predicted octanol–water partition coefficient (Wildman–Crippen LogP) is 3.25. The van der Waals surface area contributed by atoms with Crippen molar-refractivity contribution < 1.29 is 0 Å². The van der Waals surface area contributed by atoms with Gasteiger partial charge in [0.05, 0.1) is 3.79 Å². The lowest BCUT2D eigenvalue weighted by molar-refractivity contribution is 0.987. The Kier molecular flexibility index (Phi) is 3.61. The van der Waals surface area contributed by atoms with Crippen molar-refractivity contribution in [1.29, 1.82) is 0 Å². The average Bonchev–Trinajstić information content (AvgIpc) is 2.13. The molecule has 0 spiro atoms. The van der Waals surface area contributed by atoms with Crippen LogP contribution in [-0.4, -0.2) is 6.54 Å². The van der Waals surface area contributed by atoms with E-state index in [1.807, 2.05) is 0 Å². The van der Waals surface area contributed by atoms with E-state index in [4.69, 9.17) is 17.3 Å². The van der Waals surface area contributed by atoms with Crippen LogP contribution >= 0.6 is 47.1 Å². The fraction of sp³-hybridized carbons (Fsp3) is 0.400. The van der Waals surface area contributed by atoms with Gasteiger partial charge in [0.25, 0.3) is 0 Å². The van der Waals surface area contributed by atoms with Gasteiger partial charge in [0.2, 0.25) is 0 Å². The SMILES string of the molecule is NCCc1pc(Cl)sc1Br. The fourth-order valence-electron chi connectivity index (χ4n) is 0.597. The molecular formula is C5H6BrClNPS. The van der Waals surface area contributed by atoms with Crippen molar-refractivity contribution in [3.05, 3.63) is 13.1 Å². The topological polar surface area (TPSA) is 26.0 Å². The Morgan fingerprint density at radius 2 is 2.40 bits per heavy atom. The molecule has 0 radical (unpaired) electrons. The first-order valence-corrected chi connectivity index (χ1v) is 5.63. The Balaban J connectivity index is 2.81. The largest absolute Gasteiger partial charge is 0.330 e. The highest BCUT2D eigenvalue weighted by Crippen LogP contribution is 2.40. The Morgan fingerprint density at radius 1 is 1.70 bits per heavy atom. The number of hydrogen-bond acceptors (Lipinski definition) is 2. The van der Waals surface area contributed by atoms with Crippen LogP contribution < -0.4 is 5.73 Å². The monoisotopic (exact) mass is 257 g/mol. The van der Waals surface area contributed by atoms with E-state index in [1.54, 1.807) is 11.3 Å². The molecule has 1 aromatic heterocycles. The minimum atomic E-state index is 0.697. The molecule has 56 valence electrons. The number of hydrogen-bond donors (Lipinski definition) is 1. The lowest BCUT2D eigenvalue weighted by atomic mass is 10.4. The van der Waals surface area contributed by atoms with Gasteiger partial charge in [0, 0.05) is 5.30 Å². The highest BCUT2D eigenvalue weighted by atomic mass is 79.9. The van der Waals surface area contributed by atoms with E-state index in [-0.39, 0.29) is 0 Å². The van der Waals surface area contributed by atoms with Crippen molar-refractivity contribution in [3.63, 3.8) is 0 Å². The van der Waals surface area contributed by atoms with Gasteiger partial charge in [-0.05, 0) is 37.1 Å². The van der Waals surface area contributed by atoms with Gasteiger partial charge in [-0.1, -0.05) is 11.6 Å². The van der Waals surface area contributed by atoms with Gasteiger partial charge in [-0.25, -0.2) is 0 Å². The van der Waals surface area contributed by atoms with Crippen LogP contribution in [0.5, 0.6) is 0 Å². The molecule has 1 rings (SSSR count). The summed E-state index contributed by atoms with van der Waals surface area (Å²) in [6, 6.07) is 0. The van der Waals surface area contributed by atoms with Gasteiger partial charge in [0.15, 0.2) is 0 Å². The van der Waals surface area contributed by atoms with E-state index in [0.717, 1.165) is 22.5 Å². The van der Waals surface area contributed by atoms with Crippen molar-refractivity contribution in [1.82, 2.24) is 0 Å². The van der Waals surface area contributed by atoms with Crippen LogP contribution in [0.15, 0.2) is 3.79 Å². The molecule has 0 saturated carbocycles. The van der Waals surface area contributed by atoms with Crippen molar-refractivity contribution in [2.75, 3.05) is 6.54 Å². The molecule has 0 aliphatic rings. The van der Waals surface area contributed by atoms with E-state index in [2.05, 4.69) is 15.9 Å². The summed E-state index contributed by atoms with van der Waals surface area (Å²) in [6.07, 6.45) is 0.936. The second kappa shape index (κ2) is 4.03. The molecule has 10 heavy (non-hydrogen) atoms. The molecule has 0 aliphatic carbocycles. The maximum Gasteiger partial charge on any atom is 0.121 e. The Hall–Kier alpha value is 0.860. The predicted molar refractivity (Wildman–Crippen MR) is 52.3 cm³/mol. The maximum absolute atomic E-state index is 5.79.